The predicted molar refractivity (Wildman–Crippen MR) is 94.7 cm³/mol. The molecule has 1 N–H and O–H groups in total. The number of benzene rings is 2. The summed E-state index contributed by atoms with van der Waals surface area (Å²) in [6, 6.07) is 17.3. The third-order valence-electron chi connectivity index (χ3n) is 4.11. The van der Waals surface area contributed by atoms with Crippen LogP contribution >= 0.6 is 0 Å². The Bertz CT molecular complexity index is 894. The molecule has 0 spiro atoms. The summed E-state index contributed by atoms with van der Waals surface area (Å²) in [4.78, 5) is 29.5. The average Bonchev–Trinajstić information content (AvgIpc) is 2.89. The summed E-state index contributed by atoms with van der Waals surface area (Å²) in [5.41, 5.74) is 2.31. The molecular weight excluding hydrogens is 302 g/mol. The summed E-state index contributed by atoms with van der Waals surface area (Å²) < 4.78 is 1.50. The van der Waals surface area contributed by atoms with Gasteiger partial charge in [-0.25, -0.2) is 4.79 Å². The number of nitrogens with zero attached hydrogens (tertiary/aromatic N) is 2. The number of rotatable bonds is 5. The van der Waals surface area contributed by atoms with Crippen molar-refractivity contribution in [1.29, 1.82) is 0 Å². The number of hydrogen-bond acceptors (Lipinski definition) is 2. The molecule has 0 aliphatic heterocycles. The number of amides is 1. The van der Waals surface area contributed by atoms with Crippen molar-refractivity contribution >= 4 is 16.9 Å². The van der Waals surface area contributed by atoms with Crippen LogP contribution in [-0.2, 0) is 17.9 Å². The SMILES string of the molecule is CC(C)N(Cc1ccccc1)C(=O)Cn1c(=O)[nH]c2ccccc21. The monoisotopic (exact) mass is 323 g/mol. The number of H-pyrrole nitrogens is 1. The summed E-state index contributed by atoms with van der Waals surface area (Å²) in [7, 11) is 0. The standard InChI is InChI=1S/C19H21N3O2/c1-14(2)21(12-15-8-4-3-5-9-15)18(23)13-22-17-11-7-6-10-16(17)20-19(22)24/h3-11,14H,12-13H2,1-2H3,(H,20,24). The molecular formula is C19H21N3O2. The zero-order valence-electron chi connectivity index (χ0n) is 13.9. The van der Waals surface area contributed by atoms with Crippen LogP contribution in [0.3, 0.4) is 0 Å². The number of nitrogens with one attached hydrogen (secondary N) is 1. The lowest BCUT2D eigenvalue weighted by molar-refractivity contribution is -0.134. The van der Waals surface area contributed by atoms with Crippen LogP contribution in [0.25, 0.3) is 11.0 Å². The lowest BCUT2D eigenvalue weighted by atomic mass is 10.2. The van der Waals surface area contributed by atoms with Crippen LogP contribution in [0.4, 0.5) is 0 Å². The van der Waals surface area contributed by atoms with Crippen molar-refractivity contribution in [3.8, 4) is 0 Å². The van der Waals surface area contributed by atoms with Gasteiger partial charge in [-0.2, -0.15) is 0 Å². The first-order valence-electron chi connectivity index (χ1n) is 8.07. The number of imidazole rings is 1. The highest BCUT2D eigenvalue weighted by Gasteiger charge is 2.19. The Morgan fingerprint density at radius 1 is 1.08 bits per heavy atom. The van der Waals surface area contributed by atoms with Gasteiger partial charge in [-0.3, -0.25) is 9.36 Å². The Morgan fingerprint density at radius 3 is 2.46 bits per heavy atom. The van der Waals surface area contributed by atoms with Gasteiger partial charge in [0.05, 0.1) is 11.0 Å². The Labute approximate surface area is 140 Å². The van der Waals surface area contributed by atoms with Crippen molar-refractivity contribution in [3.63, 3.8) is 0 Å². The van der Waals surface area contributed by atoms with Gasteiger partial charge >= 0.3 is 5.69 Å². The van der Waals surface area contributed by atoms with Crippen molar-refractivity contribution in [3.05, 3.63) is 70.6 Å². The van der Waals surface area contributed by atoms with Crippen LogP contribution in [0.2, 0.25) is 0 Å². The molecule has 0 unspecified atom stereocenters. The van der Waals surface area contributed by atoms with Gasteiger partial charge in [0.2, 0.25) is 5.91 Å². The predicted octanol–water partition coefficient (Wildman–Crippen LogP) is 2.77. The maximum absolute atomic E-state index is 12.8. The fraction of sp³-hybridized carbons (Fsp3) is 0.263. The molecule has 1 amide bonds. The zero-order chi connectivity index (χ0) is 17.1. The van der Waals surface area contributed by atoms with E-state index in [-0.39, 0.29) is 24.2 Å². The fourth-order valence-corrected chi connectivity index (χ4v) is 2.83. The van der Waals surface area contributed by atoms with Gasteiger partial charge < -0.3 is 9.88 Å². The number of aromatic nitrogens is 2. The van der Waals surface area contributed by atoms with Crippen LogP contribution in [0, 0.1) is 0 Å². The third kappa shape index (κ3) is 3.25. The van der Waals surface area contributed by atoms with Crippen LogP contribution in [0.1, 0.15) is 19.4 Å². The van der Waals surface area contributed by atoms with E-state index in [0.29, 0.717) is 6.54 Å². The van der Waals surface area contributed by atoms with Gasteiger partial charge in [-0.05, 0) is 31.5 Å². The maximum atomic E-state index is 12.8. The van der Waals surface area contributed by atoms with Gasteiger partial charge in [-0.15, -0.1) is 0 Å². The molecule has 24 heavy (non-hydrogen) atoms. The van der Waals surface area contributed by atoms with Crippen molar-refractivity contribution in [1.82, 2.24) is 14.5 Å². The lowest BCUT2D eigenvalue weighted by Gasteiger charge is -2.27. The number of fused-ring (bicyclic) bond motifs is 1. The van der Waals surface area contributed by atoms with E-state index in [1.54, 1.807) is 4.90 Å². The Morgan fingerprint density at radius 2 is 1.75 bits per heavy atom. The third-order valence-corrected chi connectivity index (χ3v) is 4.11. The van der Waals surface area contributed by atoms with E-state index < -0.39 is 0 Å². The maximum Gasteiger partial charge on any atom is 0.326 e. The van der Waals surface area contributed by atoms with Crippen molar-refractivity contribution in [2.45, 2.75) is 33.0 Å². The van der Waals surface area contributed by atoms with Crippen molar-refractivity contribution in [2.75, 3.05) is 0 Å². The van der Waals surface area contributed by atoms with Gasteiger partial charge in [-0.1, -0.05) is 42.5 Å². The Hall–Kier alpha value is -2.82. The van der Waals surface area contributed by atoms with Crippen molar-refractivity contribution in [2.24, 2.45) is 0 Å². The van der Waals surface area contributed by atoms with E-state index in [1.807, 2.05) is 68.4 Å². The van der Waals surface area contributed by atoms with Crippen LogP contribution in [0.15, 0.2) is 59.4 Å². The number of carbonyl (C=O) groups is 1. The largest absolute Gasteiger partial charge is 0.334 e. The smallest absolute Gasteiger partial charge is 0.326 e. The van der Waals surface area contributed by atoms with E-state index >= 15 is 0 Å². The lowest BCUT2D eigenvalue weighted by Crippen LogP contribution is -2.39. The Balaban J connectivity index is 1.85. The molecule has 1 heterocycles. The minimum atomic E-state index is -0.257. The molecule has 0 saturated heterocycles. The number of carbonyl (C=O) groups excluding carboxylic acids is 1. The second kappa shape index (κ2) is 6.74. The average molecular weight is 323 g/mol. The highest BCUT2D eigenvalue weighted by molar-refractivity contribution is 5.80. The Kier molecular flexibility index (Phi) is 4.51. The summed E-state index contributed by atoms with van der Waals surface area (Å²) in [5.74, 6) is -0.0688. The second-order valence-corrected chi connectivity index (χ2v) is 6.13. The van der Waals surface area contributed by atoms with Gasteiger partial charge in [0.1, 0.15) is 6.54 Å². The van der Waals surface area contributed by atoms with E-state index in [4.69, 9.17) is 0 Å². The number of hydrogen-bond donors (Lipinski definition) is 1. The van der Waals surface area contributed by atoms with Gasteiger partial charge in [0, 0.05) is 12.6 Å². The normalized spacial score (nSPS) is 11.1. The molecule has 0 saturated carbocycles. The molecule has 5 heteroatoms. The van der Waals surface area contributed by atoms with Gasteiger partial charge in [0.15, 0.2) is 0 Å². The van der Waals surface area contributed by atoms with E-state index in [1.165, 1.54) is 4.57 Å². The molecule has 2 aromatic carbocycles. The van der Waals surface area contributed by atoms with Gasteiger partial charge in [0.25, 0.3) is 0 Å². The molecule has 124 valence electrons. The molecule has 0 bridgehead atoms. The molecule has 3 rings (SSSR count). The first-order valence-corrected chi connectivity index (χ1v) is 8.07. The van der Waals surface area contributed by atoms with E-state index in [2.05, 4.69) is 4.98 Å². The molecule has 1 aromatic heterocycles. The van der Waals surface area contributed by atoms with E-state index in [0.717, 1.165) is 16.6 Å². The second-order valence-electron chi connectivity index (χ2n) is 6.13. The summed E-state index contributed by atoms with van der Waals surface area (Å²) in [6.45, 7) is 4.54. The minimum absolute atomic E-state index is 0.0356. The highest BCUT2D eigenvalue weighted by atomic mass is 16.2. The topological polar surface area (TPSA) is 58.1 Å². The molecule has 0 aliphatic carbocycles. The molecule has 0 fully saturated rings. The quantitative estimate of drug-likeness (QED) is 0.785. The minimum Gasteiger partial charge on any atom is -0.334 e. The van der Waals surface area contributed by atoms with Crippen LogP contribution in [-0.4, -0.2) is 26.4 Å². The molecule has 3 aromatic rings. The summed E-state index contributed by atoms with van der Waals surface area (Å²) >= 11 is 0. The van der Waals surface area contributed by atoms with Crippen molar-refractivity contribution < 1.29 is 4.79 Å². The number of aromatic amines is 1. The first kappa shape index (κ1) is 16.1. The van der Waals surface area contributed by atoms with Crippen LogP contribution in [0.5, 0.6) is 0 Å². The molecule has 0 aliphatic rings. The first-order chi connectivity index (χ1) is 11.6. The zero-order valence-corrected chi connectivity index (χ0v) is 13.9. The molecule has 0 atom stereocenters. The molecule has 0 radical (unpaired) electrons. The highest BCUT2D eigenvalue weighted by Crippen LogP contribution is 2.12. The van der Waals surface area contributed by atoms with Crippen LogP contribution < -0.4 is 5.69 Å². The number of para-hydroxylation sites is 2. The molecule has 5 nitrogen and oxygen atoms in total. The fourth-order valence-electron chi connectivity index (χ4n) is 2.83. The summed E-state index contributed by atoms with van der Waals surface area (Å²) in [5, 5.41) is 0. The van der Waals surface area contributed by atoms with E-state index in [9.17, 15) is 9.59 Å². The summed E-state index contributed by atoms with van der Waals surface area (Å²) in [6.07, 6.45) is 0.